The van der Waals surface area contributed by atoms with E-state index in [1.165, 1.54) is 6.26 Å². The van der Waals surface area contributed by atoms with E-state index in [9.17, 15) is 9.59 Å². The molecule has 1 aromatic rings. The number of hydrogen-bond donors (Lipinski definition) is 2. The standard InChI is InChI=1S/C14H16N2O3/c1-2-19-7-3-6-15-14(18)10-4-5-12-11(8-10)9-13(17)16-12/h2,4-5,8H,1,3,6-7,9H2,(H,15,18)(H,16,17). The van der Waals surface area contributed by atoms with Crippen LogP contribution in [0.5, 0.6) is 0 Å². The molecule has 2 amide bonds. The highest BCUT2D eigenvalue weighted by Crippen LogP contribution is 2.23. The first-order valence-corrected chi connectivity index (χ1v) is 6.14. The van der Waals surface area contributed by atoms with Gasteiger partial charge in [0.1, 0.15) is 0 Å². The minimum atomic E-state index is -0.138. The first kappa shape index (κ1) is 13.1. The molecule has 100 valence electrons. The van der Waals surface area contributed by atoms with E-state index in [1.54, 1.807) is 18.2 Å². The van der Waals surface area contributed by atoms with E-state index < -0.39 is 0 Å². The molecule has 5 nitrogen and oxygen atoms in total. The quantitative estimate of drug-likeness (QED) is 0.601. The van der Waals surface area contributed by atoms with Gasteiger partial charge in [0, 0.05) is 17.8 Å². The average Bonchev–Trinajstić information content (AvgIpc) is 2.77. The Balaban J connectivity index is 1.88. The Labute approximate surface area is 111 Å². The lowest BCUT2D eigenvalue weighted by molar-refractivity contribution is -0.115. The molecule has 0 saturated carbocycles. The molecule has 1 aliphatic rings. The van der Waals surface area contributed by atoms with Gasteiger partial charge in [0.05, 0.1) is 19.3 Å². The number of nitrogens with one attached hydrogen (secondary N) is 2. The maximum absolute atomic E-state index is 11.9. The van der Waals surface area contributed by atoms with E-state index in [4.69, 9.17) is 4.74 Å². The summed E-state index contributed by atoms with van der Waals surface area (Å²) in [7, 11) is 0. The van der Waals surface area contributed by atoms with Crippen LogP contribution in [0.4, 0.5) is 5.69 Å². The second-order valence-electron chi connectivity index (χ2n) is 4.24. The molecule has 0 atom stereocenters. The van der Waals surface area contributed by atoms with Crippen molar-refractivity contribution in [3.05, 3.63) is 42.2 Å². The molecule has 0 radical (unpaired) electrons. The summed E-state index contributed by atoms with van der Waals surface area (Å²) in [5.74, 6) is -0.171. The highest BCUT2D eigenvalue weighted by Gasteiger charge is 2.18. The highest BCUT2D eigenvalue weighted by molar-refractivity contribution is 6.01. The SMILES string of the molecule is C=COCCCNC(=O)c1ccc2c(c1)CC(=O)N2. The van der Waals surface area contributed by atoms with E-state index >= 15 is 0 Å². The Morgan fingerprint density at radius 3 is 3.16 bits per heavy atom. The molecule has 0 aromatic heterocycles. The maximum atomic E-state index is 11.9. The fourth-order valence-electron chi connectivity index (χ4n) is 1.91. The van der Waals surface area contributed by atoms with Crippen molar-refractivity contribution in [2.45, 2.75) is 12.8 Å². The summed E-state index contributed by atoms with van der Waals surface area (Å²) in [6.07, 6.45) is 2.44. The van der Waals surface area contributed by atoms with Crippen LogP contribution in [-0.2, 0) is 16.0 Å². The zero-order chi connectivity index (χ0) is 13.7. The van der Waals surface area contributed by atoms with Gasteiger partial charge in [-0.1, -0.05) is 6.58 Å². The number of hydrogen-bond acceptors (Lipinski definition) is 3. The second-order valence-corrected chi connectivity index (χ2v) is 4.24. The van der Waals surface area contributed by atoms with Crippen molar-refractivity contribution in [3.63, 3.8) is 0 Å². The Bertz CT molecular complexity index is 511. The van der Waals surface area contributed by atoms with Crippen LogP contribution in [0.3, 0.4) is 0 Å². The summed E-state index contributed by atoms with van der Waals surface area (Å²) >= 11 is 0. The van der Waals surface area contributed by atoms with E-state index in [2.05, 4.69) is 17.2 Å². The number of carbonyl (C=O) groups is 2. The molecule has 0 spiro atoms. The van der Waals surface area contributed by atoms with E-state index in [-0.39, 0.29) is 11.8 Å². The summed E-state index contributed by atoms with van der Waals surface area (Å²) in [5.41, 5.74) is 2.23. The zero-order valence-corrected chi connectivity index (χ0v) is 10.6. The number of benzene rings is 1. The van der Waals surface area contributed by atoms with Crippen molar-refractivity contribution in [2.75, 3.05) is 18.5 Å². The topological polar surface area (TPSA) is 67.4 Å². The Morgan fingerprint density at radius 1 is 1.53 bits per heavy atom. The Morgan fingerprint density at radius 2 is 2.37 bits per heavy atom. The van der Waals surface area contributed by atoms with Crippen LogP contribution in [0.1, 0.15) is 22.3 Å². The van der Waals surface area contributed by atoms with Gasteiger partial charge in [-0.3, -0.25) is 9.59 Å². The molecule has 5 heteroatoms. The van der Waals surface area contributed by atoms with Crippen molar-refractivity contribution in [3.8, 4) is 0 Å². The zero-order valence-electron chi connectivity index (χ0n) is 10.6. The van der Waals surface area contributed by atoms with Gasteiger partial charge in [0.25, 0.3) is 5.91 Å². The number of fused-ring (bicyclic) bond motifs is 1. The second kappa shape index (κ2) is 6.04. The van der Waals surface area contributed by atoms with Gasteiger partial charge in [0.2, 0.25) is 5.91 Å². The lowest BCUT2D eigenvalue weighted by Crippen LogP contribution is -2.25. The minimum Gasteiger partial charge on any atom is -0.502 e. The summed E-state index contributed by atoms with van der Waals surface area (Å²) in [4.78, 5) is 23.1. The molecule has 19 heavy (non-hydrogen) atoms. The third kappa shape index (κ3) is 3.34. The number of rotatable bonds is 6. The van der Waals surface area contributed by atoms with Gasteiger partial charge in [-0.2, -0.15) is 0 Å². The summed E-state index contributed by atoms with van der Waals surface area (Å²) in [5, 5.41) is 5.53. The highest BCUT2D eigenvalue weighted by atomic mass is 16.5. The van der Waals surface area contributed by atoms with Crippen LogP contribution in [0, 0.1) is 0 Å². The number of amides is 2. The Kier molecular flexibility index (Phi) is 4.18. The van der Waals surface area contributed by atoms with Gasteiger partial charge >= 0.3 is 0 Å². The molecule has 0 saturated heterocycles. The van der Waals surface area contributed by atoms with Crippen LogP contribution in [-0.4, -0.2) is 25.0 Å². The van der Waals surface area contributed by atoms with E-state index in [0.29, 0.717) is 25.1 Å². The summed E-state index contributed by atoms with van der Waals surface area (Å²) < 4.78 is 4.96. The third-order valence-corrected chi connectivity index (χ3v) is 2.83. The van der Waals surface area contributed by atoms with Gasteiger partial charge < -0.3 is 15.4 Å². The van der Waals surface area contributed by atoms with Crippen LogP contribution < -0.4 is 10.6 Å². The molecule has 0 fully saturated rings. The predicted octanol–water partition coefficient (Wildman–Crippen LogP) is 1.46. The molecule has 1 aliphatic heterocycles. The van der Waals surface area contributed by atoms with Gasteiger partial charge in [-0.05, 0) is 30.2 Å². The van der Waals surface area contributed by atoms with Crippen LogP contribution in [0.2, 0.25) is 0 Å². The van der Waals surface area contributed by atoms with Gasteiger partial charge in [-0.25, -0.2) is 0 Å². The van der Waals surface area contributed by atoms with E-state index in [1.807, 2.05) is 0 Å². The molecule has 1 heterocycles. The van der Waals surface area contributed by atoms with E-state index in [0.717, 1.165) is 17.7 Å². The van der Waals surface area contributed by atoms with Crippen LogP contribution in [0.15, 0.2) is 31.0 Å². The fourth-order valence-corrected chi connectivity index (χ4v) is 1.91. The van der Waals surface area contributed by atoms with Crippen molar-refractivity contribution in [2.24, 2.45) is 0 Å². The average molecular weight is 260 g/mol. The molecular weight excluding hydrogens is 244 g/mol. The number of carbonyl (C=O) groups excluding carboxylic acids is 2. The van der Waals surface area contributed by atoms with Crippen LogP contribution >= 0.6 is 0 Å². The lowest BCUT2D eigenvalue weighted by Gasteiger charge is -2.06. The first-order chi connectivity index (χ1) is 9.20. The summed E-state index contributed by atoms with van der Waals surface area (Å²) in [6, 6.07) is 5.22. The molecular formula is C14H16N2O3. The molecule has 2 N–H and O–H groups in total. The van der Waals surface area contributed by atoms with Gasteiger partial charge in [0.15, 0.2) is 0 Å². The maximum Gasteiger partial charge on any atom is 0.251 e. The van der Waals surface area contributed by atoms with Crippen molar-refractivity contribution < 1.29 is 14.3 Å². The molecule has 0 bridgehead atoms. The predicted molar refractivity (Wildman–Crippen MR) is 71.9 cm³/mol. The van der Waals surface area contributed by atoms with Gasteiger partial charge in [-0.15, -0.1) is 0 Å². The number of anilines is 1. The molecule has 2 rings (SSSR count). The normalized spacial score (nSPS) is 12.5. The minimum absolute atomic E-state index is 0.0332. The molecule has 0 unspecified atom stereocenters. The monoisotopic (exact) mass is 260 g/mol. The Hall–Kier alpha value is -2.30. The van der Waals surface area contributed by atoms with Crippen molar-refractivity contribution in [1.29, 1.82) is 0 Å². The number of ether oxygens (including phenoxy) is 1. The van der Waals surface area contributed by atoms with Crippen LogP contribution in [0.25, 0.3) is 0 Å². The summed E-state index contributed by atoms with van der Waals surface area (Å²) in [6.45, 7) is 4.51. The molecule has 1 aromatic carbocycles. The van der Waals surface area contributed by atoms with Crippen molar-refractivity contribution in [1.82, 2.24) is 5.32 Å². The fraction of sp³-hybridized carbons (Fsp3) is 0.286. The molecule has 0 aliphatic carbocycles. The lowest BCUT2D eigenvalue weighted by atomic mass is 10.1. The third-order valence-electron chi connectivity index (χ3n) is 2.83. The smallest absolute Gasteiger partial charge is 0.251 e. The largest absolute Gasteiger partial charge is 0.502 e. The van der Waals surface area contributed by atoms with Crippen molar-refractivity contribution >= 4 is 17.5 Å². The first-order valence-electron chi connectivity index (χ1n) is 6.14.